The number of H-pyrrole nitrogens is 1. The number of rotatable bonds is 9. The summed E-state index contributed by atoms with van der Waals surface area (Å²) < 4.78 is 33.2. The molecule has 12 heteroatoms. The number of pyridine rings is 1. The molecule has 6 rings (SSSR count). The molecule has 3 aliphatic heterocycles. The molecule has 3 aromatic rings. The molecule has 0 bridgehead atoms. The number of amides is 1. The van der Waals surface area contributed by atoms with Gasteiger partial charge in [-0.2, -0.15) is 0 Å². The van der Waals surface area contributed by atoms with Crippen LogP contribution in [0.2, 0.25) is 0 Å². The van der Waals surface area contributed by atoms with Crippen molar-refractivity contribution in [2.24, 2.45) is 15.9 Å². The zero-order valence-electron chi connectivity index (χ0n) is 23.5. The monoisotopic (exact) mass is 661 g/mol. The minimum atomic E-state index is -0.691. The Hall–Kier alpha value is -4.39. The van der Waals surface area contributed by atoms with Gasteiger partial charge in [-0.05, 0) is 39.7 Å². The molecule has 2 N–H and O–H groups in total. The molecule has 4 heterocycles. The van der Waals surface area contributed by atoms with Gasteiger partial charge in [-0.1, -0.05) is 30.3 Å². The molecule has 10 nitrogen and oxygen atoms in total. The molecule has 1 fully saturated rings. The zero-order valence-corrected chi connectivity index (χ0v) is 25.1. The van der Waals surface area contributed by atoms with Crippen molar-refractivity contribution < 1.29 is 23.4 Å². The molecule has 1 aromatic heterocycles. The van der Waals surface area contributed by atoms with Gasteiger partial charge in [0, 0.05) is 61.8 Å². The van der Waals surface area contributed by atoms with Gasteiger partial charge in [-0.25, -0.2) is 9.38 Å². The number of nitrogens with zero attached hydrogens (tertiary/aromatic N) is 3. The van der Waals surface area contributed by atoms with E-state index in [9.17, 15) is 9.59 Å². The minimum Gasteiger partial charge on any atom is -0.476 e. The highest BCUT2D eigenvalue weighted by Crippen LogP contribution is 2.36. The number of carbonyl (C=O) groups is 1. The summed E-state index contributed by atoms with van der Waals surface area (Å²) in [5, 5.41) is 2.60. The molecule has 226 valence electrons. The van der Waals surface area contributed by atoms with E-state index in [0.29, 0.717) is 33.9 Å². The number of ether oxygens (including phenoxy) is 3. The maximum Gasteiger partial charge on any atom is 0.261 e. The molecule has 3 aliphatic rings. The third kappa shape index (κ3) is 6.57. The Morgan fingerprint density at radius 2 is 1.98 bits per heavy atom. The molecule has 1 saturated heterocycles. The number of aromatic amines is 1. The SMILES string of the molecule is O=C(Nc1ccc(OC2=CC=NC3C(Br)=C(OCCN4CCOCC4)N=CC23)c(F)c1)c1c[nH]cc(-c2ccccc2)c1=O. The molecule has 0 radical (unpaired) electrons. The quantitative estimate of drug-likeness (QED) is 0.341. The third-order valence-corrected chi connectivity index (χ3v) is 8.22. The zero-order chi connectivity index (χ0) is 30.5. The summed E-state index contributed by atoms with van der Waals surface area (Å²) in [5.74, 6) is -0.847. The number of benzene rings is 2. The maximum atomic E-state index is 15.2. The summed E-state index contributed by atoms with van der Waals surface area (Å²) in [6.45, 7) is 4.44. The number of morpholine rings is 1. The Bertz CT molecular complexity index is 1720. The van der Waals surface area contributed by atoms with Crippen LogP contribution in [0.5, 0.6) is 5.75 Å². The average Bonchev–Trinajstić information content (AvgIpc) is 3.04. The van der Waals surface area contributed by atoms with Crippen molar-refractivity contribution in [1.29, 1.82) is 0 Å². The first-order chi connectivity index (χ1) is 21.5. The van der Waals surface area contributed by atoms with Crippen molar-refractivity contribution in [2.45, 2.75) is 6.04 Å². The Balaban J connectivity index is 1.09. The van der Waals surface area contributed by atoms with Gasteiger partial charge in [0.05, 0.1) is 23.6 Å². The van der Waals surface area contributed by atoms with Crippen molar-refractivity contribution in [3.63, 3.8) is 0 Å². The van der Waals surface area contributed by atoms with Crippen molar-refractivity contribution in [2.75, 3.05) is 44.8 Å². The number of carbonyl (C=O) groups excluding carboxylic acids is 1. The first kappa shape index (κ1) is 29.7. The van der Waals surface area contributed by atoms with Gasteiger partial charge < -0.3 is 24.5 Å². The largest absolute Gasteiger partial charge is 0.476 e. The van der Waals surface area contributed by atoms with E-state index in [1.165, 1.54) is 18.3 Å². The summed E-state index contributed by atoms with van der Waals surface area (Å²) in [5.41, 5.74) is 0.677. The van der Waals surface area contributed by atoms with Gasteiger partial charge in [0.25, 0.3) is 5.91 Å². The number of allylic oxidation sites excluding steroid dienone is 1. The summed E-state index contributed by atoms with van der Waals surface area (Å²) in [6.07, 6.45) is 7.83. The number of hydrogen-bond donors (Lipinski definition) is 2. The number of fused-ring (bicyclic) bond motifs is 1. The lowest BCUT2D eigenvalue weighted by atomic mass is 9.95. The second kappa shape index (κ2) is 13.5. The number of aliphatic imine (C=N–C) groups is 2. The molecule has 0 spiro atoms. The standard InChI is InChI=1S/C32H29BrFN5O5/c33-28-29-23(19-37-32(28)43-15-12-39-10-13-42-14-11-39)26(8-9-36-29)44-27-7-6-21(16-25(27)34)38-31(41)24-18-35-17-22(30(24)40)20-4-2-1-3-5-20/h1-9,16-19,23,29H,10-15H2,(H,35,40)(H,38,41). The number of dihydropyridines is 1. The fraction of sp³-hybridized carbons (Fsp3) is 0.250. The highest BCUT2D eigenvalue weighted by atomic mass is 79.9. The van der Waals surface area contributed by atoms with Crippen LogP contribution in [0, 0.1) is 11.7 Å². The van der Waals surface area contributed by atoms with E-state index in [0.717, 1.165) is 38.9 Å². The van der Waals surface area contributed by atoms with E-state index in [-0.39, 0.29) is 29.0 Å². The van der Waals surface area contributed by atoms with E-state index in [4.69, 9.17) is 14.2 Å². The van der Waals surface area contributed by atoms with E-state index < -0.39 is 17.2 Å². The number of aromatic nitrogens is 1. The Kier molecular flexibility index (Phi) is 9.10. The second-order valence-corrected chi connectivity index (χ2v) is 11.1. The third-order valence-electron chi connectivity index (χ3n) is 7.41. The molecule has 0 saturated carbocycles. The molecule has 44 heavy (non-hydrogen) atoms. The van der Waals surface area contributed by atoms with E-state index in [2.05, 4.69) is 41.1 Å². The molecule has 2 aromatic carbocycles. The van der Waals surface area contributed by atoms with Gasteiger partial charge in [0.2, 0.25) is 11.3 Å². The lowest BCUT2D eigenvalue weighted by Gasteiger charge is -2.30. The first-order valence-electron chi connectivity index (χ1n) is 14.1. The van der Waals surface area contributed by atoms with Crippen LogP contribution in [0.3, 0.4) is 0 Å². The molecular formula is C32H29BrFN5O5. The molecule has 2 atom stereocenters. The van der Waals surface area contributed by atoms with Gasteiger partial charge in [0.1, 0.15) is 24.0 Å². The van der Waals surface area contributed by atoms with Crippen LogP contribution < -0.4 is 15.5 Å². The predicted molar refractivity (Wildman–Crippen MR) is 169 cm³/mol. The van der Waals surface area contributed by atoms with Crippen LogP contribution in [-0.4, -0.2) is 73.7 Å². The highest BCUT2D eigenvalue weighted by Gasteiger charge is 2.35. The lowest BCUT2D eigenvalue weighted by molar-refractivity contribution is 0.0272. The lowest BCUT2D eigenvalue weighted by Crippen LogP contribution is -2.38. The van der Waals surface area contributed by atoms with Crippen LogP contribution in [-0.2, 0) is 9.47 Å². The van der Waals surface area contributed by atoms with Crippen molar-refractivity contribution in [3.8, 4) is 16.9 Å². The number of anilines is 1. The predicted octanol–water partition coefficient (Wildman–Crippen LogP) is 4.76. The average molecular weight is 663 g/mol. The van der Waals surface area contributed by atoms with Gasteiger partial charge >= 0.3 is 0 Å². The van der Waals surface area contributed by atoms with Gasteiger partial charge in [0.15, 0.2) is 11.6 Å². The number of nitrogens with one attached hydrogen (secondary N) is 2. The molecule has 2 unspecified atom stereocenters. The van der Waals surface area contributed by atoms with Crippen LogP contribution >= 0.6 is 15.9 Å². The normalized spacial score (nSPS) is 19.7. The van der Waals surface area contributed by atoms with E-state index in [1.54, 1.807) is 49.0 Å². The van der Waals surface area contributed by atoms with Crippen LogP contribution in [0.25, 0.3) is 11.1 Å². The highest BCUT2D eigenvalue weighted by molar-refractivity contribution is 9.11. The summed E-state index contributed by atoms with van der Waals surface area (Å²) in [7, 11) is 0. The molecule has 1 amide bonds. The Morgan fingerprint density at radius 1 is 1.16 bits per heavy atom. The summed E-state index contributed by atoms with van der Waals surface area (Å²) in [6, 6.07) is 12.7. The molecular weight excluding hydrogens is 633 g/mol. The fourth-order valence-corrected chi connectivity index (χ4v) is 5.68. The smallest absolute Gasteiger partial charge is 0.261 e. The Labute approximate surface area is 261 Å². The maximum absolute atomic E-state index is 15.2. The van der Waals surface area contributed by atoms with Gasteiger partial charge in [-0.3, -0.25) is 19.5 Å². The molecule has 0 aliphatic carbocycles. The minimum absolute atomic E-state index is 0.0340. The van der Waals surface area contributed by atoms with Crippen LogP contribution in [0.4, 0.5) is 10.1 Å². The van der Waals surface area contributed by atoms with Crippen LogP contribution in [0.15, 0.2) is 97.9 Å². The van der Waals surface area contributed by atoms with E-state index >= 15 is 4.39 Å². The fourth-order valence-electron chi connectivity index (χ4n) is 5.06. The topological polar surface area (TPSA) is 118 Å². The van der Waals surface area contributed by atoms with Crippen molar-refractivity contribution >= 4 is 40.0 Å². The number of hydrogen-bond acceptors (Lipinski definition) is 8. The Morgan fingerprint density at radius 3 is 2.77 bits per heavy atom. The van der Waals surface area contributed by atoms with Crippen molar-refractivity contribution in [1.82, 2.24) is 9.88 Å². The summed E-state index contributed by atoms with van der Waals surface area (Å²) in [4.78, 5) is 40.1. The number of halogens is 2. The van der Waals surface area contributed by atoms with E-state index in [1.807, 2.05) is 6.07 Å². The van der Waals surface area contributed by atoms with Gasteiger partial charge in [-0.15, -0.1) is 0 Å². The van der Waals surface area contributed by atoms with Crippen molar-refractivity contribution in [3.05, 3.63) is 105 Å². The van der Waals surface area contributed by atoms with Crippen LogP contribution in [0.1, 0.15) is 10.4 Å². The summed E-state index contributed by atoms with van der Waals surface area (Å²) >= 11 is 3.60. The second-order valence-electron chi connectivity index (χ2n) is 10.3. The first-order valence-corrected chi connectivity index (χ1v) is 14.9.